The molecule has 0 saturated heterocycles. The van der Waals surface area contributed by atoms with Crippen molar-refractivity contribution >= 4 is 34.8 Å². The molecular weight excluding hydrogens is 352 g/mol. The van der Waals surface area contributed by atoms with Gasteiger partial charge in [0.1, 0.15) is 6.04 Å². The third kappa shape index (κ3) is 5.70. The van der Waals surface area contributed by atoms with Gasteiger partial charge in [0.2, 0.25) is 0 Å². The van der Waals surface area contributed by atoms with E-state index >= 15 is 0 Å². The monoisotopic (exact) mass is 374 g/mol. The Bertz CT molecular complexity index is 754. The summed E-state index contributed by atoms with van der Waals surface area (Å²) >= 11 is 1.29. The van der Waals surface area contributed by atoms with Crippen LogP contribution >= 0.6 is 11.3 Å². The predicted octanol–water partition coefficient (Wildman–Crippen LogP) is 2.99. The SMILES string of the molecule is Cc1ccc(NC(=O)COC(=O)[C@@H](NC(=O)c2cccs2)C(C)C)cc1. The van der Waals surface area contributed by atoms with Gasteiger partial charge in [0, 0.05) is 5.69 Å². The number of carbonyl (C=O) groups excluding carboxylic acids is 3. The van der Waals surface area contributed by atoms with Crippen molar-refractivity contribution in [2.45, 2.75) is 26.8 Å². The van der Waals surface area contributed by atoms with E-state index in [2.05, 4.69) is 10.6 Å². The summed E-state index contributed by atoms with van der Waals surface area (Å²) in [5.74, 6) is -1.58. The van der Waals surface area contributed by atoms with E-state index in [1.807, 2.05) is 19.1 Å². The summed E-state index contributed by atoms with van der Waals surface area (Å²) in [5.41, 5.74) is 1.71. The fourth-order valence-electron chi connectivity index (χ4n) is 2.18. The Morgan fingerprint density at radius 1 is 1.12 bits per heavy atom. The summed E-state index contributed by atoms with van der Waals surface area (Å²) in [6.45, 7) is 5.13. The lowest BCUT2D eigenvalue weighted by molar-refractivity contribution is -0.150. The van der Waals surface area contributed by atoms with Crippen molar-refractivity contribution < 1.29 is 19.1 Å². The maximum absolute atomic E-state index is 12.3. The highest BCUT2D eigenvalue weighted by molar-refractivity contribution is 7.12. The minimum absolute atomic E-state index is 0.174. The highest BCUT2D eigenvalue weighted by Crippen LogP contribution is 2.11. The molecule has 26 heavy (non-hydrogen) atoms. The lowest BCUT2D eigenvalue weighted by Gasteiger charge is -2.20. The second kappa shape index (κ2) is 9.15. The van der Waals surface area contributed by atoms with Gasteiger partial charge in [-0.2, -0.15) is 0 Å². The van der Waals surface area contributed by atoms with E-state index in [4.69, 9.17) is 4.74 Å². The van der Waals surface area contributed by atoms with E-state index in [9.17, 15) is 14.4 Å². The molecular formula is C19H22N2O4S. The molecule has 0 unspecified atom stereocenters. The summed E-state index contributed by atoms with van der Waals surface area (Å²) in [7, 11) is 0. The molecule has 2 amide bonds. The van der Waals surface area contributed by atoms with Crippen LogP contribution in [0, 0.1) is 12.8 Å². The van der Waals surface area contributed by atoms with Crippen LogP contribution in [0.25, 0.3) is 0 Å². The lowest BCUT2D eigenvalue weighted by Crippen LogP contribution is -2.45. The number of hydrogen-bond acceptors (Lipinski definition) is 5. The van der Waals surface area contributed by atoms with Crippen LogP contribution in [-0.4, -0.2) is 30.4 Å². The van der Waals surface area contributed by atoms with Gasteiger partial charge in [-0.3, -0.25) is 9.59 Å². The van der Waals surface area contributed by atoms with Gasteiger partial charge in [0.15, 0.2) is 6.61 Å². The average molecular weight is 374 g/mol. The van der Waals surface area contributed by atoms with Gasteiger partial charge in [-0.1, -0.05) is 37.6 Å². The molecule has 0 aliphatic heterocycles. The van der Waals surface area contributed by atoms with E-state index in [0.717, 1.165) is 5.56 Å². The van der Waals surface area contributed by atoms with Crippen molar-refractivity contribution in [3.8, 4) is 0 Å². The van der Waals surface area contributed by atoms with Gasteiger partial charge in [0.05, 0.1) is 4.88 Å². The summed E-state index contributed by atoms with van der Waals surface area (Å²) in [6.07, 6.45) is 0. The molecule has 138 valence electrons. The molecule has 7 heteroatoms. The van der Waals surface area contributed by atoms with Gasteiger partial charge in [0.25, 0.3) is 11.8 Å². The van der Waals surface area contributed by atoms with Gasteiger partial charge in [-0.05, 0) is 36.4 Å². The molecule has 0 bridgehead atoms. The normalized spacial score (nSPS) is 11.7. The van der Waals surface area contributed by atoms with Crippen molar-refractivity contribution in [1.29, 1.82) is 0 Å². The fourth-order valence-corrected chi connectivity index (χ4v) is 2.81. The van der Waals surface area contributed by atoms with Crippen LogP contribution in [0.15, 0.2) is 41.8 Å². The van der Waals surface area contributed by atoms with Gasteiger partial charge < -0.3 is 15.4 Å². The molecule has 1 aromatic carbocycles. The van der Waals surface area contributed by atoms with Gasteiger partial charge in [-0.25, -0.2) is 4.79 Å². The molecule has 2 N–H and O–H groups in total. The molecule has 0 aliphatic rings. The number of thiophene rings is 1. The Balaban J connectivity index is 1.87. The number of aryl methyl sites for hydroxylation is 1. The number of esters is 1. The van der Waals surface area contributed by atoms with Crippen LogP contribution in [-0.2, 0) is 14.3 Å². The number of anilines is 1. The van der Waals surface area contributed by atoms with Gasteiger partial charge >= 0.3 is 5.97 Å². The zero-order valence-electron chi connectivity index (χ0n) is 14.9. The van der Waals surface area contributed by atoms with E-state index in [0.29, 0.717) is 10.6 Å². The molecule has 0 spiro atoms. The summed E-state index contributed by atoms with van der Waals surface area (Å²) < 4.78 is 5.08. The Labute approximate surface area is 156 Å². The van der Waals surface area contributed by atoms with Crippen LogP contribution in [0.5, 0.6) is 0 Å². The topological polar surface area (TPSA) is 84.5 Å². The van der Waals surface area contributed by atoms with E-state index < -0.39 is 24.5 Å². The third-order valence-corrected chi connectivity index (χ3v) is 4.50. The highest BCUT2D eigenvalue weighted by Gasteiger charge is 2.27. The standard InChI is InChI=1S/C19H22N2O4S/c1-12(2)17(21-18(23)15-5-4-10-26-15)19(24)25-11-16(22)20-14-8-6-13(3)7-9-14/h4-10,12,17H,11H2,1-3H3,(H,20,22)(H,21,23)/t17-/m0/s1. The number of rotatable bonds is 7. The van der Waals surface area contributed by atoms with E-state index in [1.54, 1.807) is 43.5 Å². The van der Waals surface area contributed by atoms with Crippen molar-refractivity contribution in [1.82, 2.24) is 5.32 Å². The van der Waals surface area contributed by atoms with Crippen LogP contribution < -0.4 is 10.6 Å². The largest absolute Gasteiger partial charge is 0.454 e. The van der Waals surface area contributed by atoms with Crippen molar-refractivity contribution in [3.05, 3.63) is 52.2 Å². The molecule has 0 aliphatic carbocycles. The first-order valence-corrected chi connectivity index (χ1v) is 9.12. The van der Waals surface area contributed by atoms with Crippen molar-refractivity contribution in [3.63, 3.8) is 0 Å². The van der Waals surface area contributed by atoms with Crippen LogP contribution in [0.1, 0.15) is 29.1 Å². The first kappa shape index (κ1) is 19.7. The zero-order chi connectivity index (χ0) is 19.1. The second-order valence-corrected chi connectivity index (χ2v) is 7.14. The smallest absolute Gasteiger partial charge is 0.329 e. The van der Waals surface area contributed by atoms with Crippen molar-refractivity contribution in [2.24, 2.45) is 5.92 Å². The quantitative estimate of drug-likeness (QED) is 0.730. The summed E-state index contributed by atoms with van der Waals surface area (Å²) in [4.78, 5) is 36.9. The number of carbonyl (C=O) groups is 3. The third-order valence-electron chi connectivity index (χ3n) is 3.63. The Morgan fingerprint density at radius 2 is 1.81 bits per heavy atom. The first-order valence-electron chi connectivity index (χ1n) is 8.24. The maximum Gasteiger partial charge on any atom is 0.329 e. The molecule has 2 aromatic rings. The van der Waals surface area contributed by atoms with Crippen LogP contribution in [0.3, 0.4) is 0 Å². The molecule has 0 fully saturated rings. The fraction of sp³-hybridized carbons (Fsp3) is 0.316. The number of amides is 2. The molecule has 6 nitrogen and oxygen atoms in total. The average Bonchev–Trinajstić information content (AvgIpc) is 3.14. The van der Waals surface area contributed by atoms with Crippen LogP contribution in [0.2, 0.25) is 0 Å². The molecule has 1 atom stereocenters. The number of hydrogen-bond donors (Lipinski definition) is 2. The van der Waals surface area contributed by atoms with E-state index in [1.165, 1.54) is 11.3 Å². The summed E-state index contributed by atoms with van der Waals surface area (Å²) in [6, 6.07) is 9.90. The summed E-state index contributed by atoms with van der Waals surface area (Å²) in [5, 5.41) is 7.10. The zero-order valence-corrected chi connectivity index (χ0v) is 15.8. The Morgan fingerprint density at radius 3 is 2.38 bits per heavy atom. The minimum Gasteiger partial charge on any atom is -0.454 e. The highest BCUT2D eigenvalue weighted by atomic mass is 32.1. The maximum atomic E-state index is 12.3. The Kier molecular flexibility index (Phi) is 6.91. The number of ether oxygens (including phenoxy) is 1. The molecule has 0 radical (unpaired) electrons. The lowest BCUT2D eigenvalue weighted by atomic mass is 10.0. The minimum atomic E-state index is -0.822. The number of nitrogens with one attached hydrogen (secondary N) is 2. The second-order valence-electron chi connectivity index (χ2n) is 6.19. The number of benzene rings is 1. The first-order chi connectivity index (χ1) is 12.4. The van der Waals surface area contributed by atoms with Gasteiger partial charge in [-0.15, -0.1) is 11.3 Å². The molecule has 2 rings (SSSR count). The Hall–Kier alpha value is -2.67. The molecule has 0 saturated carbocycles. The van der Waals surface area contributed by atoms with Crippen LogP contribution in [0.4, 0.5) is 5.69 Å². The molecule has 1 aromatic heterocycles. The van der Waals surface area contributed by atoms with E-state index in [-0.39, 0.29) is 11.8 Å². The molecule has 1 heterocycles. The predicted molar refractivity (Wildman–Crippen MR) is 101 cm³/mol. The van der Waals surface area contributed by atoms with Crippen molar-refractivity contribution in [2.75, 3.05) is 11.9 Å².